The largest absolute Gasteiger partial charge is 0.313 e. The quantitative estimate of drug-likeness (QED) is 0.591. The normalized spacial score (nSPS) is 14.7. The first-order valence-electron chi connectivity index (χ1n) is 9.54. The van der Waals surface area contributed by atoms with Crippen LogP contribution < -0.4 is 5.43 Å². The second-order valence-corrected chi connectivity index (χ2v) is 7.43. The molecule has 0 radical (unpaired) electrons. The van der Waals surface area contributed by atoms with Gasteiger partial charge in [0.15, 0.2) is 5.43 Å². The lowest BCUT2D eigenvalue weighted by Gasteiger charge is -2.24. The summed E-state index contributed by atoms with van der Waals surface area (Å²) in [6, 6.07) is 20.8. The maximum absolute atomic E-state index is 12.8. The Labute approximate surface area is 155 Å². The van der Waals surface area contributed by atoms with Crippen molar-refractivity contribution in [1.29, 1.82) is 0 Å². The van der Waals surface area contributed by atoms with E-state index in [-0.39, 0.29) is 5.43 Å². The summed E-state index contributed by atoms with van der Waals surface area (Å²) in [6.07, 6.45) is 4.84. The number of benzene rings is 2. The van der Waals surface area contributed by atoms with Gasteiger partial charge in [-0.15, -0.1) is 0 Å². The molecule has 2 aromatic carbocycles. The number of hydrogen-bond donors (Lipinski definition) is 0. The second-order valence-electron chi connectivity index (χ2n) is 7.43. The van der Waals surface area contributed by atoms with E-state index in [1.807, 2.05) is 31.2 Å². The molecule has 0 saturated heterocycles. The molecule has 1 aliphatic rings. The Morgan fingerprint density at radius 3 is 2.19 bits per heavy atom. The Bertz CT molecular complexity index is 962. The van der Waals surface area contributed by atoms with Crippen molar-refractivity contribution >= 4 is 0 Å². The average Bonchev–Trinajstić information content (AvgIpc) is 3.19. The molecule has 1 fully saturated rings. The Hall–Kier alpha value is -2.61. The Balaban J connectivity index is 2.05. The van der Waals surface area contributed by atoms with Crippen molar-refractivity contribution in [3.63, 3.8) is 0 Å². The van der Waals surface area contributed by atoms with Gasteiger partial charge in [-0.2, -0.15) is 0 Å². The van der Waals surface area contributed by atoms with Crippen molar-refractivity contribution in [3.05, 3.63) is 87.7 Å². The van der Waals surface area contributed by atoms with Crippen LogP contribution in [0.15, 0.2) is 65.5 Å². The first kappa shape index (κ1) is 16.8. The van der Waals surface area contributed by atoms with Crippen molar-refractivity contribution < 1.29 is 0 Å². The van der Waals surface area contributed by atoms with Crippen LogP contribution in [0, 0.1) is 13.8 Å². The van der Waals surface area contributed by atoms with Crippen LogP contribution in [0.3, 0.4) is 0 Å². The topological polar surface area (TPSA) is 22.0 Å². The van der Waals surface area contributed by atoms with E-state index in [1.165, 1.54) is 36.9 Å². The molecule has 132 valence electrons. The lowest BCUT2D eigenvalue weighted by molar-refractivity contribution is 0.671. The number of rotatable bonds is 3. The molecule has 0 N–H and O–H groups in total. The molecule has 2 heteroatoms. The summed E-state index contributed by atoms with van der Waals surface area (Å²) in [5.74, 6) is 0.465. The van der Waals surface area contributed by atoms with E-state index in [2.05, 4.69) is 47.9 Å². The van der Waals surface area contributed by atoms with Crippen molar-refractivity contribution in [3.8, 4) is 16.9 Å². The van der Waals surface area contributed by atoms with Crippen LogP contribution in [0.4, 0.5) is 0 Å². The van der Waals surface area contributed by atoms with Gasteiger partial charge in [0.1, 0.15) is 0 Å². The number of aryl methyl sites for hydroxylation is 1. The van der Waals surface area contributed by atoms with Crippen LogP contribution >= 0.6 is 0 Å². The zero-order chi connectivity index (χ0) is 18.1. The lowest BCUT2D eigenvalue weighted by atomic mass is 9.97. The summed E-state index contributed by atoms with van der Waals surface area (Å²) in [7, 11) is 0. The highest BCUT2D eigenvalue weighted by molar-refractivity contribution is 5.67. The van der Waals surface area contributed by atoms with Crippen LogP contribution in [0.25, 0.3) is 16.9 Å². The minimum Gasteiger partial charge on any atom is -0.313 e. The molecule has 1 aromatic heterocycles. The fourth-order valence-electron chi connectivity index (χ4n) is 4.16. The molecule has 0 unspecified atom stereocenters. The monoisotopic (exact) mass is 343 g/mol. The highest BCUT2D eigenvalue weighted by Crippen LogP contribution is 2.37. The van der Waals surface area contributed by atoms with E-state index in [1.54, 1.807) is 0 Å². The Morgan fingerprint density at radius 1 is 0.885 bits per heavy atom. The van der Waals surface area contributed by atoms with Gasteiger partial charge in [0, 0.05) is 23.0 Å². The highest BCUT2D eigenvalue weighted by atomic mass is 16.1. The molecule has 1 aliphatic carbocycles. The molecule has 26 heavy (non-hydrogen) atoms. The van der Waals surface area contributed by atoms with Crippen LogP contribution in [-0.4, -0.2) is 4.57 Å². The third-order valence-electron chi connectivity index (χ3n) is 5.60. The smallest absolute Gasteiger partial charge is 0.185 e. The molecular weight excluding hydrogens is 318 g/mol. The van der Waals surface area contributed by atoms with Crippen LogP contribution in [-0.2, 0) is 0 Å². The van der Waals surface area contributed by atoms with Crippen LogP contribution in [0.1, 0.15) is 48.4 Å². The van der Waals surface area contributed by atoms with Crippen molar-refractivity contribution in [2.75, 3.05) is 0 Å². The summed E-state index contributed by atoms with van der Waals surface area (Å²) in [4.78, 5) is 12.8. The van der Waals surface area contributed by atoms with Gasteiger partial charge in [-0.3, -0.25) is 4.79 Å². The Morgan fingerprint density at radius 2 is 1.54 bits per heavy atom. The Kier molecular flexibility index (Phi) is 4.50. The predicted molar refractivity (Wildman–Crippen MR) is 108 cm³/mol. The molecule has 0 atom stereocenters. The van der Waals surface area contributed by atoms with Gasteiger partial charge in [-0.05, 0) is 50.3 Å². The summed E-state index contributed by atoms with van der Waals surface area (Å²) < 4.78 is 2.33. The van der Waals surface area contributed by atoms with E-state index < -0.39 is 0 Å². The SMILES string of the molecule is Cc1ccc(-n2c(C3CCCC3)cc(=O)c(C)c2-c2ccccc2)cc1. The molecule has 1 saturated carbocycles. The molecule has 2 nitrogen and oxygen atoms in total. The van der Waals surface area contributed by atoms with E-state index in [0.717, 1.165) is 22.5 Å². The third kappa shape index (κ3) is 3.01. The average molecular weight is 343 g/mol. The van der Waals surface area contributed by atoms with Crippen LogP contribution in [0.5, 0.6) is 0 Å². The molecule has 1 heterocycles. The van der Waals surface area contributed by atoms with Crippen LogP contribution in [0.2, 0.25) is 0 Å². The summed E-state index contributed by atoms with van der Waals surface area (Å²) in [5, 5.41) is 0. The second kappa shape index (κ2) is 6.95. The van der Waals surface area contributed by atoms with E-state index in [0.29, 0.717) is 5.92 Å². The van der Waals surface area contributed by atoms with Gasteiger partial charge < -0.3 is 4.57 Å². The minimum absolute atomic E-state index is 0.147. The molecule has 3 aromatic rings. The maximum Gasteiger partial charge on any atom is 0.185 e. The highest BCUT2D eigenvalue weighted by Gasteiger charge is 2.24. The molecule has 4 rings (SSSR count). The van der Waals surface area contributed by atoms with Gasteiger partial charge in [-0.25, -0.2) is 0 Å². The molecular formula is C24H25NO. The summed E-state index contributed by atoms with van der Waals surface area (Å²) in [6.45, 7) is 4.06. The summed E-state index contributed by atoms with van der Waals surface area (Å²) in [5.41, 5.74) is 6.65. The van der Waals surface area contributed by atoms with E-state index >= 15 is 0 Å². The maximum atomic E-state index is 12.8. The van der Waals surface area contributed by atoms with Crippen molar-refractivity contribution in [2.24, 2.45) is 0 Å². The number of hydrogen-bond acceptors (Lipinski definition) is 1. The van der Waals surface area contributed by atoms with Gasteiger partial charge in [0.2, 0.25) is 0 Å². The van der Waals surface area contributed by atoms with Crippen molar-refractivity contribution in [1.82, 2.24) is 4.57 Å². The number of pyridine rings is 1. The summed E-state index contributed by atoms with van der Waals surface area (Å²) >= 11 is 0. The number of aromatic nitrogens is 1. The molecule has 0 amide bonds. The lowest BCUT2D eigenvalue weighted by Crippen LogP contribution is -2.19. The number of nitrogens with zero attached hydrogens (tertiary/aromatic N) is 1. The standard InChI is InChI=1S/C24H25NO/c1-17-12-14-21(15-13-17)25-22(19-8-6-7-9-19)16-23(26)18(2)24(25)20-10-4-3-5-11-20/h3-5,10-16,19H,6-9H2,1-2H3. The van der Waals surface area contributed by atoms with E-state index in [9.17, 15) is 4.79 Å². The van der Waals surface area contributed by atoms with E-state index in [4.69, 9.17) is 0 Å². The first-order valence-corrected chi connectivity index (χ1v) is 9.54. The fraction of sp³-hybridized carbons (Fsp3) is 0.292. The molecule has 0 bridgehead atoms. The third-order valence-corrected chi connectivity index (χ3v) is 5.60. The van der Waals surface area contributed by atoms with Gasteiger partial charge in [0.05, 0.1) is 5.69 Å². The van der Waals surface area contributed by atoms with Crippen molar-refractivity contribution in [2.45, 2.75) is 45.4 Å². The minimum atomic E-state index is 0.147. The van der Waals surface area contributed by atoms with Gasteiger partial charge in [0.25, 0.3) is 0 Å². The predicted octanol–water partition coefficient (Wildman–Crippen LogP) is 5.78. The fourth-order valence-corrected chi connectivity index (χ4v) is 4.16. The molecule has 0 spiro atoms. The zero-order valence-corrected chi connectivity index (χ0v) is 15.5. The van der Waals surface area contributed by atoms with Gasteiger partial charge >= 0.3 is 0 Å². The van der Waals surface area contributed by atoms with Gasteiger partial charge in [-0.1, -0.05) is 60.9 Å². The zero-order valence-electron chi connectivity index (χ0n) is 15.5. The first-order chi connectivity index (χ1) is 12.6. The molecule has 0 aliphatic heterocycles.